The zero-order chi connectivity index (χ0) is 11.2. The minimum atomic E-state index is -0.729. The van der Waals surface area contributed by atoms with Crippen LogP contribution in [0, 0.1) is 0 Å². The van der Waals surface area contributed by atoms with Gasteiger partial charge in [-0.1, -0.05) is 6.08 Å². The summed E-state index contributed by atoms with van der Waals surface area (Å²) in [5, 5.41) is 12.4. The minimum absolute atomic E-state index is 0.324. The summed E-state index contributed by atoms with van der Waals surface area (Å²) in [6.45, 7) is 6.16. The molecule has 0 aliphatic rings. The van der Waals surface area contributed by atoms with E-state index in [-0.39, 0.29) is 5.97 Å². The lowest BCUT2D eigenvalue weighted by molar-refractivity contribution is -0.136. The molecule has 0 bridgehead atoms. The Bertz CT molecular complexity index is 216. The average Bonchev–Trinajstić information content (AvgIpc) is 2.09. The van der Waals surface area contributed by atoms with Gasteiger partial charge in [-0.05, 0) is 20.8 Å². The molecule has 14 heavy (non-hydrogen) atoms. The second-order valence-electron chi connectivity index (χ2n) is 3.82. The van der Waals surface area contributed by atoms with Gasteiger partial charge in [0.05, 0.1) is 12.7 Å². The van der Waals surface area contributed by atoms with Crippen LogP contribution in [-0.2, 0) is 9.53 Å². The normalized spacial score (nSPS) is 12.8. The van der Waals surface area contributed by atoms with Gasteiger partial charge in [0, 0.05) is 18.7 Å². The Kier molecular flexibility index (Phi) is 5.42. The van der Waals surface area contributed by atoms with Crippen molar-refractivity contribution in [3.63, 3.8) is 0 Å². The summed E-state index contributed by atoms with van der Waals surface area (Å²) < 4.78 is 4.53. The van der Waals surface area contributed by atoms with E-state index in [1.165, 1.54) is 7.11 Å². The largest absolute Gasteiger partial charge is 0.466 e. The zero-order valence-corrected chi connectivity index (χ0v) is 9.26. The number of nitrogens with one attached hydrogen (secondary N) is 1. The molecule has 0 amide bonds. The molecule has 0 aromatic rings. The first-order valence-corrected chi connectivity index (χ1v) is 4.55. The molecule has 2 N–H and O–H groups in total. The van der Waals surface area contributed by atoms with Gasteiger partial charge in [0.15, 0.2) is 0 Å². The molecule has 0 radical (unpaired) electrons. The topological polar surface area (TPSA) is 58.6 Å². The van der Waals surface area contributed by atoms with Crippen LogP contribution in [0.3, 0.4) is 0 Å². The Labute approximate surface area is 85.0 Å². The first-order chi connectivity index (χ1) is 6.37. The summed E-state index contributed by atoms with van der Waals surface area (Å²) in [4.78, 5) is 10.9. The summed E-state index contributed by atoms with van der Waals surface area (Å²) in [5.74, 6) is -0.324. The van der Waals surface area contributed by atoms with Gasteiger partial charge in [-0.15, -0.1) is 0 Å². The summed E-state index contributed by atoms with van der Waals surface area (Å²) in [5.41, 5.74) is -0.164. The number of aliphatic hydroxyl groups is 1. The molecule has 0 spiro atoms. The molecule has 0 saturated carbocycles. The quantitative estimate of drug-likeness (QED) is 0.385. The third-order valence-electron chi connectivity index (χ3n) is 1.62. The van der Waals surface area contributed by atoms with Crippen molar-refractivity contribution < 1.29 is 14.6 Å². The zero-order valence-electron chi connectivity index (χ0n) is 9.26. The van der Waals surface area contributed by atoms with Crippen molar-refractivity contribution in [1.29, 1.82) is 0 Å². The number of hydrogen-bond acceptors (Lipinski definition) is 4. The van der Waals surface area contributed by atoms with E-state index in [9.17, 15) is 9.90 Å². The second-order valence-corrected chi connectivity index (χ2v) is 3.82. The molecule has 82 valence electrons. The molecule has 0 fully saturated rings. The maximum atomic E-state index is 10.9. The number of hydrogen-bond donors (Lipinski definition) is 2. The lowest BCUT2D eigenvalue weighted by Gasteiger charge is -2.16. The Morgan fingerprint density at radius 1 is 1.57 bits per heavy atom. The molecule has 0 atom stereocenters. The summed E-state index contributed by atoms with van der Waals surface area (Å²) >= 11 is 0. The number of carbonyl (C=O) groups is 1. The predicted molar refractivity (Wildman–Crippen MR) is 54.9 cm³/mol. The standard InChI is InChI=1S/C10H19NO3/c1-8(9(12)14-4)5-6-11-7-10(2,3)13/h5,11,13H,6-7H2,1-4H3. The minimum Gasteiger partial charge on any atom is -0.466 e. The molecule has 0 aliphatic carbocycles. The van der Waals surface area contributed by atoms with Gasteiger partial charge >= 0.3 is 5.97 Å². The van der Waals surface area contributed by atoms with E-state index in [4.69, 9.17) is 0 Å². The molecule has 0 saturated heterocycles. The second kappa shape index (κ2) is 5.78. The molecule has 4 heteroatoms. The molecule has 0 aromatic carbocycles. The average molecular weight is 201 g/mol. The highest BCUT2D eigenvalue weighted by atomic mass is 16.5. The number of esters is 1. The maximum absolute atomic E-state index is 10.9. The molecular formula is C10H19NO3. The summed E-state index contributed by atoms with van der Waals surface area (Å²) in [6, 6.07) is 0. The van der Waals surface area contributed by atoms with E-state index in [0.717, 1.165) is 0 Å². The number of ether oxygens (including phenoxy) is 1. The molecule has 4 nitrogen and oxygen atoms in total. The van der Waals surface area contributed by atoms with Gasteiger partial charge < -0.3 is 15.2 Å². The van der Waals surface area contributed by atoms with E-state index in [1.807, 2.05) is 0 Å². The fraction of sp³-hybridized carbons (Fsp3) is 0.700. The first kappa shape index (κ1) is 13.1. The van der Waals surface area contributed by atoms with Crippen LogP contribution in [0.25, 0.3) is 0 Å². The van der Waals surface area contributed by atoms with Crippen molar-refractivity contribution in [3.8, 4) is 0 Å². The fourth-order valence-corrected chi connectivity index (χ4v) is 0.848. The van der Waals surface area contributed by atoms with E-state index in [0.29, 0.717) is 18.7 Å². The van der Waals surface area contributed by atoms with E-state index < -0.39 is 5.60 Å². The molecule has 0 aromatic heterocycles. The number of carbonyl (C=O) groups excluding carboxylic acids is 1. The van der Waals surface area contributed by atoms with Crippen LogP contribution in [0.15, 0.2) is 11.6 Å². The van der Waals surface area contributed by atoms with Crippen molar-refractivity contribution in [2.45, 2.75) is 26.4 Å². The van der Waals surface area contributed by atoms with E-state index >= 15 is 0 Å². The van der Waals surface area contributed by atoms with Gasteiger partial charge in [0.1, 0.15) is 0 Å². The third kappa shape index (κ3) is 6.62. The van der Waals surface area contributed by atoms with Gasteiger partial charge in [0.25, 0.3) is 0 Å². The van der Waals surface area contributed by atoms with Gasteiger partial charge in [-0.3, -0.25) is 0 Å². The van der Waals surface area contributed by atoms with Crippen LogP contribution in [0.5, 0.6) is 0 Å². The van der Waals surface area contributed by atoms with Crippen LogP contribution in [0.4, 0.5) is 0 Å². The first-order valence-electron chi connectivity index (χ1n) is 4.55. The van der Waals surface area contributed by atoms with Crippen LogP contribution < -0.4 is 5.32 Å². The van der Waals surface area contributed by atoms with Crippen LogP contribution in [0.2, 0.25) is 0 Å². The van der Waals surface area contributed by atoms with Crippen LogP contribution in [-0.4, -0.2) is 36.9 Å². The van der Waals surface area contributed by atoms with Crippen molar-refractivity contribution in [3.05, 3.63) is 11.6 Å². The third-order valence-corrected chi connectivity index (χ3v) is 1.62. The predicted octanol–water partition coefficient (Wildman–Crippen LogP) is 0.466. The van der Waals surface area contributed by atoms with E-state index in [1.54, 1.807) is 26.8 Å². The molecule has 0 unspecified atom stereocenters. The van der Waals surface area contributed by atoms with Crippen molar-refractivity contribution in [1.82, 2.24) is 5.32 Å². The molecule has 0 aliphatic heterocycles. The molecule has 0 rings (SSSR count). The van der Waals surface area contributed by atoms with Crippen LogP contribution >= 0.6 is 0 Å². The van der Waals surface area contributed by atoms with E-state index in [2.05, 4.69) is 10.1 Å². The highest BCUT2D eigenvalue weighted by molar-refractivity contribution is 5.87. The summed E-state index contributed by atoms with van der Waals surface area (Å²) in [6.07, 6.45) is 1.73. The lowest BCUT2D eigenvalue weighted by Crippen LogP contribution is -2.34. The number of methoxy groups -OCH3 is 1. The van der Waals surface area contributed by atoms with Crippen molar-refractivity contribution >= 4 is 5.97 Å². The highest BCUT2D eigenvalue weighted by Crippen LogP contribution is 1.97. The molecular weight excluding hydrogens is 182 g/mol. The molecule has 0 heterocycles. The van der Waals surface area contributed by atoms with Gasteiger partial charge in [-0.25, -0.2) is 4.79 Å². The smallest absolute Gasteiger partial charge is 0.333 e. The van der Waals surface area contributed by atoms with Crippen molar-refractivity contribution in [2.24, 2.45) is 0 Å². The van der Waals surface area contributed by atoms with Gasteiger partial charge in [-0.2, -0.15) is 0 Å². The maximum Gasteiger partial charge on any atom is 0.333 e. The Hall–Kier alpha value is -0.870. The Morgan fingerprint density at radius 3 is 2.57 bits per heavy atom. The van der Waals surface area contributed by atoms with Crippen molar-refractivity contribution in [2.75, 3.05) is 20.2 Å². The Balaban J connectivity index is 3.77. The summed E-state index contributed by atoms with van der Waals surface area (Å²) in [7, 11) is 1.35. The van der Waals surface area contributed by atoms with Gasteiger partial charge in [0.2, 0.25) is 0 Å². The highest BCUT2D eigenvalue weighted by Gasteiger charge is 2.10. The monoisotopic (exact) mass is 201 g/mol. The Morgan fingerprint density at radius 2 is 2.14 bits per heavy atom. The lowest BCUT2D eigenvalue weighted by atomic mass is 10.1. The SMILES string of the molecule is COC(=O)C(C)=CCNCC(C)(C)O. The fourth-order valence-electron chi connectivity index (χ4n) is 0.848. The number of rotatable bonds is 5. The van der Waals surface area contributed by atoms with Crippen LogP contribution in [0.1, 0.15) is 20.8 Å².